The zero-order chi connectivity index (χ0) is 17.7. The predicted molar refractivity (Wildman–Crippen MR) is 89.8 cm³/mol. The minimum absolute atomic E-state index is 0.339. The topological polar surface area (TPSA) is 138 Å². The van der Waals surface area contributed by atoms with E-state index in [0.717, 1.165) is 23.1 Å². The molecule has 0 spiro atoms. The van der Waals surface area contributed by atoms with Crippen LogP contribution in [0, 0.1) is 0 Å². The summed E-state index contributed by atoms with van der Waals surface area (Å²) >= 11 is 1.07. The molecule has 0 saturated heterocycles. The highest BCUT2D eigenvalue weighted by Crippen LogP contribution is 2.25. The van der Waals surface area contributed by atoms with Gasteiger partial charge in [0, 0.05) is 5.56 Å². The third-order valence-electron chi connectivity index (χ3n) is 2.99. The zero-order valence-corrected chi connectivity index (χ0v) is 14.0. The number of nitrogens with one attached hydrogen (secondary N) is 1. The van der Waals surface area contributed by atoms with Crippen molar-refractivity contribution in [1.29, 1.82) is 0 Å². The van der Waals surface area contributed by atoms with E-state index >= 15 is 0 Å². The van der Waals surface area contributed by atoms with Gasteiger partial charge < -0.3 is 16.3 Å². The van der Waals surface area contributed by atoms with Crippen molar-refractivity contribution >= 4 is 23.7 Å². The summed E-state index contributed by atoms with van der Waals surface area (Å²) in [5.41, 5.74) is 5.68. The van der Waals surface area contributed by atoms with Crippen molar-refractivity contribution in [3.8, 4) is 17.1 Å². The number of rotatable bonds is 6. The van der Waals surface area contributed by atoms with Gasteiger partial charge in [-0.3, -0.25) is 10.1 Å². The van der Waals surface area contributed by atoms with Gasteiger partial charge in [-0.15, -0.1) is 10.2 Å². The minimum atomic E-state index is -0.906. The molecule has 128 valence electrons. The maximum absolute atomic E-state index is 11.7. The molecule has 2 rings (SSSR count). The maximum atomic E-state index is 11.7. The first-order valence-corrected chi connectivity index (χ1v) is 8.01. The molecule has 9 nitrogen and oxygen atoms in total. The first-order valence-electron chi connectivity index (χ1n) is 7.13. The van der Waals surface area contributed by atoms with Gasteiger partial charge in [0.2, 0.25) is 11.1 Å². The van der Waals surface area contributed by atoms with Crippen LogP contribution in [0.1, 0.15) is 13.8 Å². The lowest BCUT2D eigenvalue weighted by Crippen LogP contribution is -2.39. The van der Waals surface area contributed by atoms with E-state index in [9.17, 15) is 9.59 Å². The van der Waals surface area contributed by atoms with Crippen LogP contribution in [0.4, 0.5) is 4.79 Å². The van der Waals surface area contributed by atoms with E-state index in [-0.39, 0.29) is 0 Å². The van der Waals surface area contributed by atoms with Crippen molar-refractivity contribution in [2.24, 2.45) is 5.73 Å². The molecule has 1 aromatic carbocycles. The summed E-state index contributed by atoms with van der Waals surface area (Å²) in [6.45, 7) is 4.09. The number of thioether (sulfide) groups is 1. The summed E-state index contributed by atoms with van der Waals surface area (Å²) in [6, 6.07) is 6.34. The Morgan fingerprint density at radius 2 is 2.00 bits per heavy atom. The number of carbonyl (C=O) groups is 2. The van der Waals surface area contributed by atoms with Gasteiger partial charge in [0.15, 0.2) is 5.82 Å². The molecule has 3 amide bonds. The molecular weight excluding hydrogens is 332 g/mol. The van der Waals surface area contributed by atoms with Crippen molar-refractivity contribution in [2.75, 3.05) is 12.4 Å². The number of urea groups is 1. The fourth-order valence-corrected chi connectivity index (χ4v) is 2.63. The van der Waals surface area contributed by atoms with Crippen molar-refractivity contribution in [3.05, 3.63) is 24.3 Å². The molecule has 1 heterocycles. The van der Waals surface area contributed by atoms with Crippen LogP contribution in [-0.2, 0) is 4.79 Å². The van der Waals surface area contributed by atoms with E-state index in [1.807, 2.05) is 36.5 Å². The number of hydrogen-bond donors (Lipinski definition) is 3. The molecule has 0 aliphatic rings. The number of carbonyl (C=O) groups excluding carboxylic acids is 2. The normalized spacial score (nSPS) is 11.8. The lowest BCUT2D eigenvalue weighted by atomic mass is 10.2. The van der Waals surface area contributed by atoms with E-state index in [0.29, 0.717) is 17.6 Å². The largest absolute Gasteiger partial charge is 0.494 e. The van der Waals surface area contributed by atoms with Gasteiger partial charge in [0.05, 0.1) is 11.9 Å². The highest BCUT2D eigenvalue weighted by molar-refractivity contribution is 8.00. The number of aromatic nitrogens is 3. The second-order valence-corrected chi connectivity index (χ2v) is 6.06. The standard InChI is InChI=1S/C14H18N6O3S/c1-3-23-10-6-4-9(5-7-10)11-18-19-14(20(11)16)24-8(2)12(21)17-13(15)22/h4-8H,3,16H2,1-2H3,(H3,15,17,21,22)/t8-/m0/s1. The van der Waals surface area contributed by atoms with Crippen LogP contribution in [0.3, 0.4) is 0 Å². The first-order chi connectivity index (χ1) is 11.4. The van der Waals surface area contributed by atoms with Gasteiger partial charge in [-0.1, -0.05) is 11.8 Å². The number of nitrogen functional groups attached to an aromatic ring is 1. The first kappa shape index (κ1) is 17.6. The Kier molecular flexibility index (Phi) is 5.64. The third kappa shape index (κ3) is 4.16. The van der Waals surface area contributed by atoms with E-state index in [2.05, 4.69) is 10.2 Å². The molecule has 0 bridgehead atoms. The maximum Gasteiger partial charge on any atom is 0.318 e. The van der Waals surface area contributed by atoms with Crippen LogP contribution >= 0.6 is 11.8 Å². The number of hydrogen-bond acceptors (Lipinski definition) is 7. The zero-order valence-electron chi connectivity index (χ0n) is 13.2. The monoisotopic (exact) mass is 350 g/mol. The number of benzene rings is 1. The van der Waals surface area contributed by atoms with E-state index in [4.69, 9.17) is 16.3 Å². The van der Waals surface area contributed by atoms with Crippen LogP contribution < -0.4 is 21.6 Å². The van der Waals surface area contributed by atoms with Gasteiger partial charge >= 0.3 is 6.03 Å². The van der Waals surface area contributed by atoms with E-state index in [1.165, 1.54) is 4.68 Å². The second-order valence-electron chi connectivity index (χ2n) is 4.75. The summed E-state index contributed by atoms with van der Waals surface area (Å²) in [6.07, 6.45) is 0. The molecule has 0 unspecified atom stereocenters. The summed E-state index contributed by atoms with van der Waals surface area (Å²) < 4.78 is 6.67. The average Bonchev–Trinajstić information content (AvgIpc) is 2.89. The fraction of sp³-hybridized carbons (Fsp3) is 0.286. The van der Waals surface area contributed by atoms with Gasteiger partial charge in [-0.2, -0.15) is 0 Å². The lowest BCUT2D eigenvalue weighted by molar-refractivity contribution is -0.119. The summed E-state index contributed by atoms with van der Waals surface area (Å²) in [4.78, 5) is 22.4. The third-order valence-corrected chi connectivity index (χ3v) is 4.04. The second kappa shape index (κ2) is 7.68. The molecule has 0 saturated carbocycles. The van der Waals surface area contributed by atoms with Crippen LogP contribution in [0.5, 0.6) is 5.75 Å². The molecule has 0 aliphatic carbocycles. The highest BCUT2D eigenvalue weighted by atomic mass is 32.2. The SMILES string of the molecule is CCOc1ccc(-c2nnc(S[C@@H](C)C(=O)NC(N)=O)n2N)cc1. The molecule has 0 aliphatic heterocycles. The van der Waals surface area contributed by atoms with Crippen molar-refractivity contribution < 1.29 is 14.3 Å². The van der Waals surface area contributed by atoms with Gasteiger partial charge in [-0.05, 0) is 38.1 Å². The highest BCUT2D eigenvalue weighted by Gasteiger charge is 2.20. The Labute approximate surface area is 142 Å². The molecule has 0 radical (unpaired) electrons. The van der Waals surface area contributed by atoms with Gasteiger partial charge in [-0.25, -0.2) is 9.47 Å². The van der Waals surface area contributed by atoms with Gasteiger partial charge in [0.25, 0.3) is 0 Å². The molecule has 10 heteroatoms. The summed E-state index contributed by atoms with van der Waals surface area (Å²) in [5, 5.41) is 9.74. The summed E-state index contributed by atoms with van der Waals surface area (Å²) in [7, 11) is 0. The average molecular weight is 350 g/mol. The number of nitrogens with two attached hydrogens (primary N) is 2. The van der Waals surface area contributed by atoms with Crippen molar-refractivity contribution in [1.82, 2.24) is 20.2 Å². The quantitative estimate of drug-likeness (QED) is 0.515. The van der Waals surface area contributed by atoms with E-state index < -0.39 is 17.2 Å². The number of nitrogens with zero attached hydrogens (tertiary/aromatic N) is 3. The number of amides is 3. The van der Waals surface area contributed by atoms with Crippen LogP contribution in [0.2, 0.25) is 0 Å². The molecule has 1 atom stereocenters. The molecule has 2 aromatic rings. The lowest BCUT2D eigenvalue weighted by Gasteiger charge is -2.09. The Balaban J connectivity index is 2.13. The molecule has 5 N–H and O–H groups in total. The Hall–Kier alpha value is -2.75. The Morgan fingerprint density at radius 3 is 2.58 bits per heavy atom. The number of ether oxygens (including phenoxy) is 1. The number of primary amides is 1. The number of imide groups is 1. The molecule has 24 heavy (non-hydrogen) atoms. The Bertz CT molecular complexity index is 731. The molecule has 0 fully saturated rings. The molecule has 1 aromatic heterocycles. The van der Waals surface area contributed by atoms with Crippen LogP contribution in [-0.4, -0.2) is 38.7 Å². The fourth-order valence-electron chi connectivity index (χ4n) is 1.86. The van der Waals surface area contributed by atoms with Crippen molar-refractivity contribution in [2.45, 2.75) is 24.3 Å². The predicted octanol–water partition coefficient (Wildman–Crippen LogP) is 0.733. The molecular formula is C14H18N6O3S. The van der Waals surface area contributed by atoms with Crippen LogP contribution in [0.25, 0.3) is 11.4 Å². The smallest absolute Gasteiger partial charge is 0.318 e. The Morgan fingerprint density at radius 1 is 1.33 bits per heavy atom. The van der Waals surface area contributed by atoms with E-state index in [1.54, 1.807) is 6.92 Å². The van der Waals surface area contributed by atoms with Crippen molar-refractivity contribution in [3.63, 3.8) is 0 Å². The minimum Gasteiger partial charge on any atom is -0.494 e. The van der Waals surface area contributed by atoms with Gasteiger partial charge in [0.1, 0.15) is 5.75 Å². The van der Waals surface area contributed by atoms with Crippen LogP contribution in [0.15, 0.2) is 29.4 Å². The summed E-state index contributed by atoms with van der Waals surface area (Å²) in [5.74, 6) is 6.66.